The molecule has 5 nitrogen and oxygen atoms in total. The van der Waals surface area contributed by atoms with Crippen molar-refractivity contribution in [2.75, 3.05) is 10.6 Å². The fourth-order valence-corrected chi connectivity index (χ4v) is 2.72. The summed E-state index contributed by atoms with van der Waals surface area (Å²) in [6.07, 6.45) is 14.7. The number of rotatable bonds is 13. The molecule has 0 bridgehead atoms. The molecule has 0 fully saturated rings. The molecule has 0 unspecified atom stereocenters. The molecular weight excluding hydrogens is 314 g/mol. The average molecular weight is 348 g/mol. The number of amides is 2. The molecule has 0 spiro atoms. The van der Waals surface area contributed by atoms with Gasteiger partial charge in [0.2, 0.25) is 11.8 Å². The zero-order chi connectivity index (χ0) is 18.3. The van der Waals surface area contributed by atoms with E-state index in [9.17, 15) is 9.59 Å². The summed E-state index contributed by atoms with van der Waals surface area (Å²) in [7, 11) is 0. The molecule has 1 aromatic heterocycles. The first-order valence-electron chi connectivity index (χ1n) is 9.65. The van der Waals surface area contributed by atoms with Gasteiger partial charge in [0.25, 0.3) is 0 Å². The van der Waals surface area contributed by atoms with E-state index < -0.39 is 0 Å². The fraction of sp³-hybridized carbons (Fsp3) is 0.650. The minimum atomic E-state index is -0.162. The smallest absolute Gasteiger partial charge is 0.224 e. The number of anilines is 2. The van der Waals surface area contributed by atoms with Gasteiger partial charge >= 0.3 is 0 Å². The number of nitrogens with one attached hydrogen (secondary N) is 2. The minimum absolute atomic E-state index is 0.0219. The van der Waals surface area contributed by atoms with Gasteiger partial charge in [-0.3, -0.25) is 9.59 Å². The molecule has 0 saturated carbocycles. The van der Waals surface area contributed by atoms with Crippen molar-refractivity contribution in [3.05, 3.63) is 18.3 Å². The van der Waals surface area contributed by atoms with Gasteiger partial charge < -0.3 is 10.6 Å². The molecule has 1 aromatic rings. The Hall–Kier alpha value is -1.91. The first kappa shape index (κ1) is 21.1. The first-order chi connectivity index (χ1) is 12.1. The van der Waals surface area contributed by atoms with Crippen molar-refractivity contribution in [3.63, 3.8) is 0 Å². The minimum Gasteiger partial charge on any atom is -0.325 e. The van der Waals surface area contributed by atoms with Gasteiger partial charge in [0.15, 0.2) is 0 Å². The lowest BCUT2D eigenvalue weighted by Crippen LogP contribution is -2.12. The predicted molar refractivity (Wildman–Crippen MR) is 104 cm³/mol. The second-order valence-electron chi connectivity index (χ2n) is 6.59. The monoisotopic (exact) mass is 347 g/mol. The molecule has 5 heteroatoms. The van der Waals surface area contributed by atoms with Crippen LogP contribution in [0.15, 0.2) is 18.3 Å². The van der Waals surface area contributed by atoms with Crippen molar-refractivity contribution in [1.29, 1.82) is 0 Å². The van der Waals surface area contributed by atoms with E-state index in [-0.39, 0.29) is 11.8 Å². The lowest BCUT2D eigenvalue weighted by Gasteiger charge is -2.06. The van der Waals surface area contributed by atoms with Crippen LogP contribution in [-0.2, 0) is 9.59 Å². The van der Waals surface area contributed by atoms with Crippen molar-refractivity contribution in [2.45, 2.75) is 84.5 Å². The maximum Gasteiger partial charge on any atom is 0.224 e. The van der Waals surface area contributed by atoms with Crippen molar-refractivity contribution >= 4 is 23.3 Å². The molecule has 2 amide bonds. The van der Waals surface area contributed by atoms with Gasteiger partial charge in [-0.05, 0) is 18.6 Å². The van der Waals surface area contributed by atoms with Gasteiger partial charge in [0, 0.05) is 13.3 Å². The summed E-state index contributed by atoms with van der Waals surface area (Å²) in [5.41, 5.74) is 0.659. The molecular formula is C20H33N3O2. The van der Waals surface area contributed by atoms with Crippen LogP contribution in [0.4, 0.5) is 11.5 Å². The van der Waals surface area contributed by atoms with Crippen molar-refractivity contribution in [2.24, 2.45) is 0 Å². The first-order valence-corrected chi connectivity index (χ1v) is 9.65. The Morgan fingerprint density at radius 2 is 1.48 bits per heavy atom. The van der Waals surface area contributed by atoms with E-state index in [1.807, 2.05) is 0 Å². The van der Waals surface area contributed by atoms with E-state index in [4.69, 9.17) is 0 Å². The number of nitrogens with zero attached hydrogens (tertiary/aromatic N) is 1. The van der Waals surface area contributed by atoms with Crippen molar-refractivity contribution in [3.8, 4) is 0 Å². The molecule has 140 valence electrons. The van der Waals surface area contributed by atoms with Gasteiger partial charge in [-0.15, -0.1) is 0 Å². The Kier molecular flexibility index (Phi) is 11.3. The number of hydrogen-bond donors (Lipinski definition) is 2. The van der Waals surface area contributed by atoms with Gasteiger partial charge in [-0.25, -0.2) is 4.98 Å². The van der Waals surface area contributed by atoms with Crippen LogP contribution in [0.2, 0.25) is 0 Å². The highest BCUT2D eigenvalue weighted by Gasteiger charge is 2.03. The third kappa shape index (κ3) is 11.3. The Morgan fingerprint density at radius 3 is 2.00 bits per heavy atom. The molecule has 25 heavy (non-hydrogen) atoms. The standard InChI is InChI=1S/C20H33N3O2/c1-3-4-5-6-7-8-9-10-11-12-13-20(25)23-18-14-15-19(21-16-18)22-17(2)24/h14-16H,3-13H2,1-2H3,(H,23,25)(H,21,22,24). The van der Waals surface area contributed by atoms with Gasteiger partial charge in [-0.1, -0.05) is 64.7 Å². The number of hydrogen-bond acceptors (Lipinski definition) is 3. The van der Waals surface area contributed by atoms with E-state index >= 15 is 0 Å². The third-order valence-corrected chi connectivity index (χ3v) is 4.11. The Morgan fingerprint density at radius 1 is 0.880 bits per heavy atom. The van der Waals surface area contributed by atoms with Crippen LogP contribution in [0, 0.1) is 0 Å². The predicted octanol–water partition coefficient (Wildman–Crippen LogP) is 5.29. The number of carbonyl (C=O) groups excluding carboxylic acids is 2. The number of carbonyl (C=O) groups is 2. The summed E-state index contributed by atoms with van der Waals surface area (Å²) in [6, 6.07) is 3.42. The molecule has 0 aliphatic heterocycles. The molecule has 0 saturated heterocycles. The maximum atomic E-state index is 11.9. The second-order valence-corrected chi connectivity index (χ2v) is 6.59. The van der Waals surface area contributed by atoms with E-state index in [0.29, 0.717) is 17.9 Å². The quantitative estimate of drug-likeness (QED) is 0.476. The van der Waals surface area contributed by atoms with Crippen LogP contribution in [0.5, 0.6) is 0 Å². The molecule has 0 aliphatic rings. The zero-order valence-electron chi connectivity index (χ0n) is 15.8. The SMILES string of the molecule is CCCCCCCCCCCCC(=O)Nc1ccc(NC(C)=O)nc1. The fourth-order valence-electron chi connectivity index (χ4n) is 2.72. The number of pyridine rings is 1. The third-order valence-electron chi connectivity index (χ3n) is 4.11. The topological polar surface area (TPSA) is 71.1 Å². The normalized spacial score (nSPS) is 10.5. The maximum absolute atomic E-state index is 11.9. The second kappa shape index (κ2) is 13.4. The van der Waals surface area contributed by atoms with E-state index in [0.717, 1.165) is 12.8 Å². The lowest BCUT2D eigenvalue weighted by atomic mass is 10.1. The molecule has 2 N–H and O–H groups in total. The molecule has 1 heterocycles. The van der Waals surface area contributed by atoms with E-state index in [1.165, 1.54) is 58.3 Å². The lowest BCUT2D eigenvalue weighted by molar-refractivity contribution is -0.116. The van der Waals surface area contributed by atoms with E-state index in [1.54, 1.807) is 18.3 Å². The molecule has 0 aliphatic carbocycles. The molecule has 0 aromatic carbocycles. The van der Waals surface area contributed by atoms with Crippen LogP contribution in [0.25, 0.3) is 0 Å². The summed E-state index contributed by atoms with van der Waals surface area (Å²) in [5.74, 6) is 0.346. The highest BCUT2D eigenvalue weighted by molar-refractivity contribution is 5.91. The number of unbranched alkanes of at least 4 members (excludes halogenated alkanes) is 9. The molecule has 0 radical (unpaired) electrons. The Bertz CT molecular complexity index is 500. The highest BCUT2D eigenvalue weighted by atomic mass is 16.2. The number of aromatic nitrogens is 1. The van der Waals surface area contributed by atoms with Gasteiger partial charge in [0.05, 0.1) is 11.9 Å². The summed E-state index contributed by atoms with van der Waals surface area (Å²) in [5, 5.41) is 5.43. The van der Waals surface area contributed by atoms with Crippen LogP contribution >= 0.6 is 0 Å². The summed E-state index contributed by atoms with van der Waals surface area (Å²) >= 11 is 0. The van der Waals surface area contributed by atoms with Crippen LogP contribution in [-0.4, -0.2) is 16.8 Å². The zero-order valence-corrected chi connectivity index (χ0v) is 15.8. The molecule has 1 rings (SSSR count). The van der Waals surface area contributed by atoms with Crippen LogP contribution in [0.3, 0.4) is 0 Å². The van der Waals surface area contributed by atoms with Crippen molar-refractivity contribution in [1.82, 2.24) is 4.98 Å². The largest absolute Gasteiger partial charge is 0.325 e. The van der Waals surface area contributed by atoms with Gasteiger partial charge in [0.1, 0.15) is 5.82 Å². The Balaban J connectivity index is 2.04. The van der Waals surface area contributed by atoms with Gasteiger partial charge in [-0.2, -0.15) is 0 Å². The summed E-state index contributed by atoms with van der Waals surface area (Å²) in [4.78, 5) is 26.9. The highest BCUT2D eigenvalue weighted by Crippen LogP contribution is 2.13. The van der Waals surface area contributed by atoms with E-state index in [2.05, 4.69) is 22.5 Å². The van der Waals surface area contributed by atoms with Crippen LogP contribution < -0.4 is 10.6 Å². The summed E-state index contributed by atoms with van der Waals surface area (Å²) in [6.45, 7) is 3.68. The summed E-state index contributed by atoms with van der Waals surface area (Å²) < 4.78 is 0. The van der Waals surface area contributed by atoms with Crippen molar-refractivity contribution < 1.29 is 9.59 Å². The average Bonchev–Trinajstić information content (AvgIpc) is 2.58. The molecule has 0 atom stereocenters. The Labute approximate surface area is 152 Å². The van der Waals surface area contributed by atoms with Crippen LogP contribution in [0.1, 0.15) is 84.5 Å².